The average molecular weight is 459 g/mol. The number of carboxylic acids is 1. The van der Waals surface area contributed by atoms with E-state index in [4.69, 9.17) is 11.5 Å². The second-order valence-corrected chi connectivity index (χ2v) is 8.96. The second-order valence-electron chi connectivity index (χ2n) is 6.80. The van der Waals surface area contributed by atoms with E-state index >= 15 is 0 Å². The van der Waals surface area contributed by atoms with Crippen LogP contribution < -0.4 is 16.8 Å². The zero-order valence-electron chi connectivity index (χ0n) is 16.0. The van der Waals surface area contributed by atoms with Gasteiger partial charge in [0, 0.05) is 16.7 Å². The minimum absolute atomic E-state index is 0.138. The number of nitrogens with two attached hydrogens (primary N) is 2. The van der Waals surface area contributed by atoms with Gasteiger partial charge in [0.1, 0.15) is 28.7 Å². The number of aromatic nitrogens is 2. The van der Waals surface area contributed by atoms with E-state index in [0.717, 1.165) is 17.3 Å². The molecule has 1 aromatic heterocycles. The first-order chi connectivity index (χ1) is 14.8. The number of nitrogens with zero attached hydrogens (tertiary/aromatic N) is 3. The smallest absolute Gasteiger partial charge is 0.353 e. The van der Waals surface area contributed by atoms with E-state index in [2.05, 4.69) is 15.3 Å². The van der Waals surface area contributed by atoms with Crippen molar-refractivity contribution >= 4 is 52.9 Å². The summed E-state index contributed by atoms with van der Waals surface area (Å²) in [4.78, 5) is 46.7. The number of fused-ring (bicyclic) bond motifs is 1. The Morgan fingerprint density at radius 2 is 1.90 bits per heavy atom. The number of nitrogen functional groups attached to an aromatic ring is 2. The number of aliphatic carboxylic acids is 1. The normalized spacial score (nSPS) is 20.1. The van der Waals surface area contributed by atoms with Gasteiger partial charge in [-0.2, -0.15) is 0 Å². The van der Waals surface area contributed by atoms with Crippen molar-refractivity contribution < 1.29 is 19.5 Å². The first-order valence-electron chi connectivity index (χ1n) is 9.16. The molecule has 31 heavy (non-hydrogen) atoms. The van der Waals surface area contributed by atoms with Crippen LogP contribution in [0.15, 0.2) is 52.2 Å². The Morgan fingerprint density at radius 1 is 1.23 bits per heavy atom. The molecule has 1 saturated heterocycles. The number of hydrogen-bond acceptors (Lipinski definition) is 9. The van der Waals surface area contributed by atoms with Gasteiger partial charge in [-0.05, 0) is 5.56 Å². The molecule has 2 aliphatic rings. The van der Waals surface area contributed by atoms with Gasteiger partial charge in [0.25, 0.3) is 5.91 Å². The van der Waals surface area contributed by atoms with E-state index in [-0.39, 0.29) is 34.8 Å². The predicted octanol–water partition coefficient (Wildman–Crippen LogP) is 0.672. The zero-order chi connectivity index (χ0) is 22.1. The Kier molecular flexibility index (Phi) is 5.74. The third kappa shape index (κ3) is 4.30. The number of nitrogens with one attached hydrogen (secondary N) is 1. The zero-order valence-corrected chi connectivity index (χ0v) is 17.7. The lowest BCUT2D eigenvalue weighted by molar-refractivity contribution is -0.150. The summed E-state index contributed by atoms with van der Waals surface area (Å²) in [6.45, 7) is 0. The van der Waals surface area contributed by atoms with Gasteiger partial charge in [0.2, 0.25) is 5.91 Å². The summed E-state index contributed by atoms with van der Waals surface area (Å²) in [7, 11) is 0. The Hall–Kier alpha value is -3.25. The maximum Gasteiger partial charge on any atom is 0.353 e. The van der Waals surface area contributed by atoms with E-state index in [1.165, 1.54) is 22.7 Å². The van der Waals surface area contributed by atoms with E-state index < -0.39 is 23.3 Å². The summed E-state index contributed by atoms with van der Waals surface area (Å²) in [5.41, 5.74) is 12.0. The molecule has 10 nitrogen and oxygen atoms in total. The summed E-state index contributed by atoms with van der Waals surface area (Å²) >= 11 is 2.36. The molecule has 6 N–H and O–H groups in total. The Bertz CT molecular complexity index is 1070. The lowest BCUT2D eigenvalue weighted by Gasteiger charge is -2.49. The van der Waals surface area contributed by atoms with Crippen molar-refractivity contribution in [1.82, 2.24) is 20.2 Å². The van der Waals surface area contributed by atoms with Gasteiger partial charge in [-0.3, -0.25) is 14.5 Å². The lowest BCUT2D eigenvalue weighted by Crippen LogP contribution is -2.70. The number of hydrogen-bond donors (Lipinski definition) is 4. The van der Waals surface area contributed by atoms with Crippen molar-refractivity contribution in [3.05, 3.63) is 52.6 Å². The van der Waals surface area contributed by atoms with Gasteiger partial charge in [-0.15, -0.1) is 11.8 Å². The summed E-state index contributed by atoms with van der Waals surface area (Å²) in [6.07, 6.45) is 0.138. The van der Waals surface area contributed by atoms with Crippen molar-refractivity contribution in [3.63, 3.8) is 0 Å². The third-order valence-electron chi connectivity index (χ3n) is 4.62. The minimum Gasteiger partial charge on any atom is -0.477 e. The highest BCUT2D eigenvalue weighted by molar-refractivity contribution is 8.06. The van der Waals surface area contributed by atoms with Crippen LogP contribution in [0.2, 0.25) is 0 Å². The number of β-lactam (4-membered cyclic amide) rings is 1. The molecule has 1 fully saturated rings. The van der Waals surface area contributed by atoms with Gasteiger partial charge >= 0.3 is 5.97 Å². The molecule has 12 heteroatoms. The lowest BCUT2D eigenvalue weighted by atomic mass is 10.0. The summed E-state index contributed by atoms with van der Waals surface area (Å²) in [6, 6.07) is 9.78. The van der Waals surface area contributed by atoms with Gasteiger partial charge < -0.3 is 21.9 Å². The molecular weight excluding hydrogens is 440 g/mol. The van der Waals surface area contributed by atoms with Crippen molar-refractivity contribution in [2.75, 3.05) is 17.2 Å². The van der Waals surface area contributed by atoms with Crippen LogP contribution in [0, 0.1) is 0 Å². The molecule has 160 valence electrons. The molecule has 2 aromatic rings. The fraction of sp³-hybridized carbons (Fsp3) is 0.211. The Labute approximate surface area is 185 Å². The molecule has 3 heterocycles. The summed E-state index contributed by atoms with van der Waals surface area (Å²) in [5.74, 6) is -1.38. The molecule has 2 atom stereocenters. The van der Waals surface area contributed by atoms with Gasteiger partial charge in [0.05, 0.1) is 6.42 Å². The van der Waals surface area contributed by atoms with Crippen LogP contribution in [0.4, 0.5) is 11.6 Å². The SMILES string of the molecule is Nc1cc(N)nc(SC2=C(C(=O)O)N3C(=O)C(NC(=O)Cc4ccccc4)[C@H]3SC2)n1. The van der Waals surface area contributed by atoms with Gasteiger partial charge in [-0.1, -0.05) is 42.1 Å². The van der Waals surface area contributed by atoms with Crippen LogP contribution in [-0.4, -0.2) is 54.9 Å². The molecule has 0 saturated carbocycles. The largest absolute Gasteiger partial charge is 0.477 e. The summed E-state index contributed by atoms with van der Waals surface area (Å²) < 4.78 is 0. The van der Waals surface area contributed by atoms with Crippen molar-refractivity contribution in [2.45, 2.75) is 23.0 Å². The highest BCUT2D eigenvalue weighted by Gasteiger charge is 2.54. The molecule has 0 aliphatic carbocycles. The number of anilines is 2. The quantitative estimate of drug-likeness (QED) is 0.357. The van der Waals surface area contributed by atoms with Crippen LogP contribution in [-0.2, 0) is 20.8 Å². The van der Waals surface area contributed by atoms with Crippen LogP contribution >= 0.6 is 23.5 Å². The fourth-order valence-corrected chi connectivity index (χ4v) is 5.73. The molecule has 1 unspecified atom stereocenters. The van der Waals surface area contributed by atoms with Gasteiger partial charge in [-0.25, -0.2) is 14.8 Å². The average Bonchev–Trinajstić information content (AvgIpc) is 2.71. The minimum atomic E-state index is -1.24. The molecular formula is C19H18N6O4S2. The number of amides is 2. The monoisotopic (exact) mass is 458 g/mol. The highest BCUT2D eigenvalue weighted by Crippen LogP contribution is 2.44. The number of thioether (sulfide) groups is 2. The second kappa shape index (κ2) is 8.47. The van der Waals surface area contributed by atoms with Crippen LogP contribution in [0.3, 0.4) is 0 Å². The molecule has 1 aromatic carbocycles. The van der Waals surface area contributed by atoms with E-state index in [1.807, 2.05) is 30.3 Å². The van der Waals surface area contributed by atoms with Crippen molar-refractivity contribution in [2.24, 2.45) is 0 Å². The predicted molar refractivity (Wildman–Crippen MR) is 117 cm³/mol. The molecule has 2 amide bonds. The first-order valence-corrected chi connectivity index (χ1v) is 11.0. The maximum atomic E-state index is 12.7. The van der Waals surface area contributed by atoms with Crippen LogP contribution in [0.1, 0.15) is 5.56 Å². The molecule has 0 spiro atoms. The summed E-state index contributed by atoms with van der Waals surface area (Å²) in [5, 5.41) is 12.2. The molecule has 0 bridgehead atoms. The van der Waals surface area contributed by atoms with Crippen molar-refractivity contribution in [3.8, 4) is 0 Å². The fourth-order valence-electron chi connectivity index (χ4n) is 3.29. The number of carbonyl (C=O) groups excluding carboxylic acids is 2. The Morgan fingerprint density at radius 3 is 2.55 bits per heavy atom. The number of rotatable bonds is 6. The van der Waals surface area contributed by atoms with Crippen molar-refractivity contribution in [1.29, 1.82) is 0 Å². The molecule has 4 rings (SSSR count). The van der Waals surface area contributed by atoms with Gasteiger partial charge in [0.15, 0.2) is 5.16 Å². The van der Waals surface area contributed by atoms with E-state index in [0.29, 0.717) is 10.7 Å². The number of carbonyl (C=O) groups is 3. The standard InChI is InChI=1S/C19H18N6O4S2/c20-11-7-12(21)23-19(22-11)31-10-8-30-17-14(16(27)25(17)15(10)18(28)29)24-13(26)6-9-4-2-1-3-5-9/h1-5,7,14,17H,6,8H2,(H,24,26)(H,28,29)(H4,20,21,22,23)/t14?,17-/m1/s1. The highest BCUT2D eigenvalue weighted by atomic mass is 32.2. The van der Waals surface area contributed by atoms with Crippen LogP contribution in [0.5, 0.6) is 0 Å². The third-order valence-corrected chi connectivity index (χ3v) is 7.03. The van der Waals surface area contributed by atoms with E-state index in [9.17, 15) is 19.5 Å². The number of benzene rings is 1. The first kappa shape index (κ1) is 21.0. The topological polar surface area (TPSA) is 165 Å². The Balaban J connectivity index is 1.50. The maximum absolute atomic E-state index is 12.7. The number of carboxylic acid groups (broad SMARTS) is 1. The molecule has 0 radical (unpaired) electrons. The van der Waals surface area contributed by atoms with E-state index in [1.54, 1.807) is 0 Å². The molecule has 2 aliphatic heterocycles. The van der Waals surface area contributed by atoms with Crippen LogP contribution in [0.25, 0.3) is 0 Å².